The van der Waals surface area contributed by atoms with Crippen LogP contribution in [0, 0.1) is 23.2 Å². The van der Waals surface area contributed by atoms with Crippen LogP contribution in [0.3, 0.4) is 0 Å². The predicted molar refractivity (Wildman–Crippen MR) is 81.3 cm³/mol. The second kappa shape index (κ2) is 4.32. The van der Waals surface area contributed by atoms with Gasteiger partial charge >= 0.3 is 0 Å². The van der Waals surface area contributed by atoms with Crippen LogP contribution in [-0.2, 0) is 4.79 Å². The molecule has 1 unspecified atom stereocenters. The Hall–Kier alpha value is -0.850. The molecule has 0 aromatic rings. The molecule has 1 nitrogen and oxygen atoms in total. The largest absolute Gasteiger partial charge is 0.295 e. The van der Waals surface area contributed by atoms with E-state index >= 15 is 0 Å². The van der Waals surface area contributed by atoms with Crippen molar-refractivity contribution in [3.8, 4) is 0 Å². The van der Waals surface area contributed by atoms with Gasteiger partial charge in [-0.2, -0.15) is 0 Å². The Kier molecular flexibility index (Phi) is 2.78. The summed E-state index contributed by atoms with van der Waals surface area (Å²) in [5, 5.41) is 0. The van der Waals surface area contributed by atoms with E-state index in [1.54, 1.807) is 11.1 Å². The van der Waals surface area contributed by atoms with Crippen molar-refractivity contribution in [2.24, 2.45) is 23.2 Å². The average molecular weight is 270 g/mol. The van der Waals surface area contributed by atoms with Crippen molar-refractivity contribution in [3.05, 3.63) is 22.8 Å². The Morgan fingerprint density at radius 3 is 2.90 bits per heavy atom. The standard InChI is InChI=1S/C19H26O/c1-12-9-18-17-5-3-13-10-14(20)4-6-15(13)16(17)7-8-19(18,2)11-12/h10,12,17-18H,3-9,11H2,1-2H3/t12?,17-,18+,19-/m1/s1. The molecule has 0 amide bonds. The summed E-state index contributed by atoms with van der Waals surface area (Å²) in [5.41, 5.74) is 5.40. The Morgan fingerprint density at radius 1 is 1.20 bits per heavy atom. The summed E-state index contributed by atoms with van der Waals surface area (Å²) in [7, 11) is 0. The molecule has 108 valence electrons. The first-order chi connectivity index (χ1) is 9.57. The maximum atomic E-state index is 11.7. The quantitative estimate of drug-likeness (QED) is 0.616. The Labute approximate surface area is 122 Å². The minimum atomic E-state index is 0.359. The molecule has 0 N–H and O–H groups in total. The van der Waals surface area contributed by atoms with Crippen molar-refractivity contribution >= 4 is 5.78 Å². The van der Waals surface area contributed by atoms with Gasteiger partial charge in [-0.05, 0) is 85.3 Å². The molecule has 0 aliphatic heterocycles. The lowest BCUT2D eigenvalue weighted by atomic mass is 9.58. The zero-order valence-corrected chi connectivity index (χ0v) is 12.9. The van der Waals surface area contributed by atoms with Crippen LogP contribution in [-0.4, -0.2) is 5.78 Å². The summed E-state index contributed by atoms with van der Waals surface area (Å²) in [6.45, 7) is 5.00. The van der Waals surface area contributed by atoms with Gasteiger partial charge in [0.1, 0.15) is 0 Å². The third-order valence-corrected chi connectivity index (χ3v) is 6.72. The zero-order valence-electron chi connectivity index (χ0n) is 12.9. The van der Waals surface area contributed by atoms with E-state index < -0.39 is 0 Å². The highest BCUT2D eigenvalue weighted by Crippen LogP contribution is 2.61. The van der Waals surface area contributed by atoms with Crippen molar-refractivity contribution in [1.29, 1.82) is 0 Å². The summed E-state index contributed by atoms with van der Waals surface area (Å²) < 4.78 is 0. The van der Waals surface area contributed by atoms with Crippen LogP contribution >= 0.6 is 0 Å². The molecule has 0 bridgehead atoms. The second-order valence-electron chi connectivity index (χ2n) is 8.09. The highest BCUT2D eigenvalue weighted by Gasteiger charge is 2.50. The molecule has 4 atom stereocenters. The molecule has 2 fully saturated rings. The third-order valence-electron chi connectivity index (χ3n) is 6.72. The van der Waals surface area contributed by atoms with Crippen molar-refractivity contribution in [3.63, 3.8) is 0 Å². The van der Waals surface area contributed by atoms with Gasteiger partial charge < -0.3 is 0 Å². The van der Waals surface area contributed by atoms with Crippen LogP contribution in [0.2, 0.25) is 0 Å². The summed E-state index contributed by atoms with van der Waals surface area (Å²) in [5.74, 6) is 3.05. The van der Waals surface area contributed by atoms with Crippen LogP contribution < -0.4 is 0 Å². The van der Waals surface area contributed by atoms with Gasteiger partial charge in [-0.25, -0.2) is 0 Å². The molecule has 4 aliphatic carbocycles. The van der Waals surface area contributed by atoms with Crippen LogP contribution in [0.1, 0.15) is 65.2 Å². The van der Waals surface area contributed by atoms with Gasteiger partial charge in [0.15, 0.2) is 5.78 Å². The van der Waals surface area contributed by atoms with Crippen molar-refractivity contribution in [2.45, 2.75) is 65.2 Å². The maximum absolute atomic E-state index is 11.7. The first-order valence-electron chi connectivity index (χ1n) is 8.52. The lowest BCUT2D eigenvalue weighted by molar-refractivity contribution is -0.114. The Bertz CT molecular complexity index is 524. The average Bonchev–Trinajstić information content (AvgIpc) is 2.72. The zero-order chi connectivity index (χ0) is 13.9. The fourth-order valence-electron chi connectivity index (χ4n) is 5.95. The Balaban J connectivity index is 1.74. The van der Waals surface area contributed by atoms with Crippen molar-refractivity contribution < 1.29 is 4.79 Å². The molecule has 0 heterocycles. The van der Waals surface area contributed by atoms with Gasteiger partial charge in [0.2, 0.25) is 0 Å². The number of hydrogen-bond donors (Lipinski definition) is 0. The summed E-state index contributed by atoms with van der Waals surface area (Å²) in [6.07, 6.45) is 11.8. The lowest BCUT2D eigenvalue weighted by Gasteiger charge is -2.47. The highest BCUT2D eigenvalue weighted by molar-refractivity contribution is 5.93. The fraction of sp³-hybridized carbons (Fsp3) is 0.737. The molecule has 0 spiro atoms. The van der Waals surface area contributed by atoms with Crippen molar-refractivity contribution in [2.75, 3.05) is 0 Å². The number of carbonyl (C=O) groups excluding carboxylic acids is 1. The van der Waals surface area contributed by atoms with Gasteiger partial charge in [0.05, 0.1) is 0 Å². The molecule has 4 aliphatic rings. The van der Waals surface area contributed by atoms with Gasteiger partial charge in [-0.3, -0.25) is 4.79 Å². The molecular formula is C19H26O. The van der Waals surface area contributed by atoms with E-state index in [0.717, 1.165) is 37.0 Å². The number of hydrogen-bond acceptors (Lipinski definition) is 1. The normalized spacial score (nSPS) is 43.8. The molecule has 0 saturated heterocycles. The molecular weight excluding hydrogens is 244 g/mol. The van der Waals surface area contributed by atoms with E-state index in [0.29, 0.717) is 11.2 Å². The Morgan fingerprint density at radius 2 is 2.05 bits per heavy atom. The van der Waals surface area contributed by atoms with E-state index in [-0.39, 0.29) is 0 Å². The summed E-state index contributed by atoms with van der Waals surface area (Å²) >= 11 is 0. The number of carbonyl (C=O) groups is 1. The van der Waals surface area contributed by atoms with E-state index in [1.165, 1.54) is 37.7 Å². The van der Waals surface area contributed by atoms with Crippen LogP contribution in [0.5, 0.6) is 0 Å². The van der Waals surface area contributed by atoms with E-state index in [1.807, 2.05) is 6.08 Å². The second-order valence-corrected chi connectivity index (χ2v) is 8.09. The smallest absolute Gasteiger partial charge is 0.156 e. The van der Waals surface area contributed by atoms with E-state index in [4.69, 9.17) is 0 Å². The van der Waals surface area contributed by atoms with E-state index in [2.05, 4.69) is 13.8 Å². The van der Waals surface area contributed by atoms with E-state index in [9.17, 15) is 4.79 Å². The SMILES string of the molecule is CC1C[C@H]2[C@@H]3CCC4=CC(=O)CCC4=C3CC[C@]2(C)C1. The predicted octanol–water partition coefficient (Wildman–Crippen LogP) is 4.83. The number of rotatable bonds is 0. The minimum Gasteiger partial charge on any atom is -0.295 e. The van der Waals surface area contributed by atoms with Gasteiger partial charge in [-0.1, -0.05) is 19.4 Å². The molecule has 1 heteroatoms. The summed E-state index contributed by atoms with van der Waals surface area (Å²) in [4.78, 5) is 11.7. The van der Waals surface area contributed by atoms with Crippen LogP contribution in [0.4, 0.5) is 0 Å². The summed E-state index contributed by atoms with van der Waals surface area (Å²) in [6, 6.07) is 0. The first-order valence-corrected chi connectivity index (χ1v) is 8.52. The number of fused-ring (bicyclic) bond motifs is 4. The first kappa shape index (κ1) is 12.9. The van der Waals surface area contributed by atoms with Crippen LogP contribution in [0.25, 0.3) is 0 Å². The maximum Gasteiger partial charge on any atom is 0.156 e. The van der Waals surface area contributed by atoms with Crippen molar-refractivity contribution in [1.82, 2.24) is 0 Å². The molecule has 0 aromatic heterocycles. The van der Waals surface area contributed by atoms with Crippen LogP contribution in [0.15, 0.2) is 22.8 Å². The molecule has 0 radical (unpaired) electrons. The highest BCUT2D eigenvalue weighted by atomic mass is 16.1. The topological polar surface area (TPSA) is 17.1 Å². The molecule has 20 heavy (non-hydrogen) atoms. The fourth-order valence-corrected chi connectivity index (χ4v) is 5.95. The van der Waals surface area contributed by atoms with Gasteiger partial charge in [-0.15, -0.1) is 0 Å². The van der Waals surface area contributed by atoms with Gasteiger partial charge in [0, 0.05) is 6.42 Å². The molecule has 2 saturated carbocycles. The lowest BCUT2D eigenvalue weighted by Crippen LogP contribution is -2.36. The molecule has 0 aromatic carbocycles. The van der Waals surface area contributed by atoms with Gasteiger partial charge in [0.25, 0.3) is 0 Å². The third kappa shape index (κ3) is 1.78. The number of allylic oxidation sites excluding steroid dienone is 4. The minimum absolute atomic E-state index is 0.359. The number of ketones is 1. The monoisotopic (exact) mass is 270 g/mol. The molecule has 4 rings (SSSR count).